The summed E-state index contributed by atoms with van der Waals surface area (Å²) in [6.45, 7) is 3.46. The number of halogens is 3. The first kappa shape index (κ1) is 11.5. The SMILES string of the molecule is CC(C)(O)c1cc(Br)c(Cl)c(Br)c1. The van der Waals surface area contributed by atoms with Gasteiger partial charge in [-0.1, -0.05) is 11.6 Å². The Bertz CT molecular complexity index is 308. The molecule has 0 spiro atoms. The maximum absolute atomic E-state index is 9.74. The maximum Gasteiger partial charge on any atom is 0.0841 e. The summed E-state index contributed by atoms with van der Waals surface area (Å²) in [7, 11) is 0. The predicted molar refractivity (Wildman–Crippen MR) is 62.1 cm³/mol. The molecule has 0 amide bonds. The van der Waals surface area contributed by atoms with Gasteiger partial charge in [-0.3, -0.25) is 0 Å². The molecule has 13 heavy (non-hydrogen) atoms. The number of aliphatic hydroxyl groups is 1. The van der Waals surface area contributed by atoms with Crippen LogP contribution in [0.1, 0.15) is 19.4 Å². The van der Waals surface area contributed by atoms with Crippen LogP contribution in [0, 0.1) is 0 Å². The lowest BCUT2D eigenvalue weighted by Gasteiger charge is -2.18. The molecule has 0 saturated heterocycles. The Morgan fingerprint density at radius 2 is 1.62 bits per heavy atom. The van der Waals surface area contributed by atoms with Gasteiger partial charge in [-0.15, -0.1) is 0 Å². The highest BCUT2D eigenvalue weighted by atomic mass is 79.9. The molecule has 0 aliphatic carbocycles. The summed E-state index contributed by atoms with van der Waals surface area (Å²) in [5.74, 6) is 0. The van der Waals surface area contributed by atoms with Gasteiger partial charge in [0.1, 0.15) is 0 Å². The molecule has 0 aliphatic heterocycles. The molecule has 0 aliphatic rings. The molecule has 1 N–H and O–H groups in total. The third kappa shape index (κ3) is 2.69. The van der Waals surface area contributed by atoms with Crippen LogP contribution in [-0.4, -0.2) is 5.11 Å². The highest BCUT2D eigenvalue weighted by Gasteiger charge is 2.18. The first-order chi connectivity index (χ1) is 5.82. The van der Waals surface area contributed by atoms with Crippen molar-refractivity contribution in [2.45, 2.75) is 19.4 Å². The highest BCUT2D eigenvalue weighted by molar-refractivity contribution is 9.11. The second-order valence-corrected chi connectivity index (χ2v) is 5.40. The quantitative estimate of drug-likeness (QED) is 0.770. The first-order valence-corrected chi connectivity index (χ1v) is 5.66. The molecule has 1 aromatic rings. The lowest BCUT2D eigenvalue weighted by molar-refractivity contribution is 0.0785. The van der Waals surface area contributed by atoms with Crippen LogP contribution in [-0.2, 0) is 5.60 Å². The van der Waals surface area contributed by atoms with Crippen molar-refractivity contribution >= 4 is 43.5 Å². The molecule has 0 unspecified atom stereocenters. The van der Waals surface area contributed by atoms with Gasteiger partial charge in [0.15, 0.2) is 0 Å². The molecule has 0 bridgehead atoms. The van der Waals surface area contributed by atoms with Crippen LogP contribution in [0.4, 0.5) is 0 Å². The first-order valence-electron chi connectivity index (χ1n) is 3.70. The van der Waals surface area contributed by atoms with E-state index < -0.39 is 5.60 Å². The molecule has 0 heterocycles. The molecule has 4 heteroatoms. The lowest BCUT2D eigenvalue weighted by atomic mass is 9.99. The topological polar surface area (TPSA) is 20.2 Å². The second-order valence-electron chi connectivity index (χ2n) is 3.31. The third-order valence-electron chi connectivity index (χ3n) is 1.69. The molecule has 1 rings (SSSR count). The van der Waals surface area contributed by atoms with Crippen molar-refractivity contribution < 1.29 is 5.11 Å². The number of benzene rings is 1. The van der Waals surface area contributed by atoms with Crippen LogP contribution in [0.25, 0.3) is 0 Å². The Morgan fingerprint density at radius 3 is 1.92 bits per heavy atom. The van der Waals surface area contributed by atoms with Crippen molar-refractivity contribution in [1.29, 1.82) is 0 Å². The van der Waals surface area contributed by atoms with Crippen LogP contribution >= 0.6 is 43.5 Å². The van der Waals surface area contributed by atoms with E-state index in [1.54, 1.807) is 13.8 Å². The lowest BCUT2D eigenvalue weighted by Crippen LogP contribution is -2.15. The van der Waals surface area contributed by atoms with E-state index >= 15 is 0 Å². The van der Waals surface area contributed by atoms with Crippen molar-refractivity contribution in [2.75, 3.05) is 0 Å². The van der Waals surface area contributed by atoms with E-state index in [9.17, 15) is 5.11 Å². The van der Waals surface area contributed by atoms with E-state index in [1.165, 1.54) is 0 Å². The van der Waals surface area contributed by atoms with Crippen LogP contribution in [0.5, 0.6) is 0 Å². The van der Waals surface area contributed by atoms with Crippen molar-refractivity contribution in [3.63, 3.8) is 0 Å². The normalized spacial score (nSPS) is 11.8. The fraction of sp³-hybridized carbons (Fsp3) is 0.333. The molecule has 0 saturated carbocycles. The summed E-state index contributed by atoms with van der Waals surface area (Å²) in [5.41, 5.74) is -0.0361. The minimum Gasteiger partial charge on any atom is -0.386 e. The number of hydrogen-bond donors (Lipinski definition) is 1. The fourth-order valence-corrected chi connectivity index (χ4v) is 2.20. The molecule has 1 nitrogen and oxygen atoms in total. The molecule has 0 atom stereocenters. The third-order valence-corrected chi connectivity index (χ3v) is 3.80. The Labute approximate surface area is 99.4 Å². The average Bonchev–Trinajstić information content (AvgIpc) is 1.97. The summed E-state index contributed by atoms with van der Waals surface area (Å²) in [5, 5.41) is 10.4. The van der Waals surface area contributed by atoms with E-state index in [0.29, 0.717) is 5.02 Å². The number of hydrogen-bond acceptors (Lipinski definition) is 1. The molecule has 0 radical (unpaired) electrons. The Balaban J connectivity index is 3.29. The minimum absolute atomic E-state index is 0.619. The smallest absolute Gasteiger partial charge is 0.0841 e. The van der Waals surface area contributed by atoms with E-state index in [1.807, 2.05) is 12.1 Å². The molecular weight excluding hydrogens is 319 g/mol. The van der Waals surface area contributed by atoms with Gasteiger partial charge < -0.3 is 5.11 Å². The van der Waals surface area contributed by atoms with Crippen molar-refractivity contribution in [3.8, 4) is 0 Å². The molecule has 1 aromatic carbocycles. The van der Waals surface area contributed by atoms with Gasteiger partial charge in [0.25, 0.3) is 0 Å². The van der Waals surface area contributed by atoms with Gasteiger partial charge in [0.05, 0.1) is 10.6 Å². The molecular formula is C9H9Br2ClO. The van der Waals surface area contributed by atoms with Crippen molar-refractivity contribution in [3.05, 3.63) is 31.7 Å². The molecule has 72 valence electrons. The van der Waals surface area contributed by atoms with Crippen molar-refractivity contribution in [2.24, 2.45) is 0 Å². The van der Waals surface area contributed by atoms with Gasteiger partial charge >= 0.3 is 0 Å². The van der Waals surface area contributed by atoms with Crippen LogP contribution in [0.2, 0.25) is 5.02 Å². The summed E-state index contributed by atoms with van der Waals surface area (Å²) >= 11 is 12.6. The summed E-state index contributed by atoms with van der Waals surface area (Å²) in [6.07, 6.45) is 0. The van der Waals surface area contributed by atoms with Crippen molar-refractivity contribution in [1.82, 2.24) is 0 Å². The fourth-order valence-electron chi connectivity index (χ4n) is 0.909. The Kier molecular flexibility index (Phi) is 3.44. The molecule has 0 aromatic heterocycles. The zero-order valence-electron chi connectivity index (χ0n) is 7.24. The minimum atomic E-state index is -0.852. The van der Waals surface area contributed by atoms with Crippen LogP contribution in [0.3, 0.4) is 0 Å². The zero-order chi connectivity index (χ0) is 10.2. The summed E-state index contributed by atoms with van der Waals surface area (Å²) < 4.78 is 1.56. The monoisotopic (exact) mass is 326 g/mol. The van der Waals surface area contributed by atoms with Gasteiger partial charge in [0, 0.05) is 8.95 Å². The van der Waals surface area contributed by atoms with E-state index in [2.05, 4.69) is 31.9 Å². The van der Waals surface area contributed by atoms with Crippen LogP contribution < -0.4 is 0 Å². The zero-order valence-corrected chi connectivity index (χ0v) is 11.2. The Morgan fingerprint density at radius 1 is 1.23 bits per heavy atom. The maximum atomic E-state index is 9.74. The van der Waals surface area contributed by atoms with Crippen LogP contribution in [0.15, 0.2) is 21.1 Å². The van der Waals surface area contributed by atoms with E-state index in [0.717, 1.165) is 14.5 Å². The predicted octanol–water partition coefficient (Wildman–Crippen LogP) is 4.09. The summed E-state index contributed by atoms with van der Waals surface area (Å²) in [6, 6.07) is 3.63. The van der Waals surface area contributed by atoms with Gasteiger partial charge in [-0.25, -0.2) is 0 Å². The second kappa shape index (κ2) is 3.89. The number of rotatable bonds is 1. The van der Waals surface area contributed by atoms with Gasteiger partial charge in [0.2, 0.25) is 0 Å². The van der Waals surface area contributed by atoms with E-state index in [-0.39, 0.29) is 0 Å². The largest absolute Gasteiger partial charge is 0.386 e. The summed E-state index contributed by atoms with van der Waals surface area (Å²) in [4.78, 5) is 0. The molecule has 0 fully saturated rings. The Hall–Kier alpha value is 0.430. The van der Waals surface area contributed by atoms with E-state index in [4.69, 9.17) is 11.6 Å². The average molecular weight is 328 g/mol. The highest BCUT2D eigenvalue weighted by Crippen LogP contribution is 2.34. The van der Waals surface area contributed by atoms with Gasteiger partial charge in [-0.2, -0.15) is 0 Å². The van der Waals surface area contributed by atoms with Gasteiger partial charge in [-0.05, 0) is 63.4 Å². The standard InChI is InChI=1S/C9H9Br2ClO/c1-9(2,13)5-3-6(10)8(12)7(11)4-5/h3-4,13H,1-2H3.